The van der Waals surface area contributed by atoms with E-state index >= 15 is 0 Å². The number of amides is 1. The van der Waals surface area contributed by atoms with Gasteiger partial charge in [-0.15, -0.1) is 0 Å². The lowest BCUT2D eigenvalue weighted by Gasteiger charge is -2.34. The molecule has 0 saturated carbocycles. The number of hydrogen-bond acceptors (Lipinski definition) is 3. The molecule has 5 nitrogen and oxygen atoms in total. The first kappa shape index (κ1) is 18.6. The Bertz CT molecular complexity index is 884. The van der Waals surface area contributed by atoms with Crippen molar-refractivity contribution in [3.63, 3.8) is 0 Å². The largest absolute Gasteiger partial charge is 0.336 e. The van der Waals surface area contributed by atoms with E-state index in [4.69, 9.17) is 0 Å². The molecule has 1 fully saturated rings. The molecule has 3 rings (SSSR count). The van der Waals surface area contributed by atoms with Crippen molar-refractivity contribution in [2.75, 3.05) is 26.2 Å². The molecule has 1 aliphatic rings. The van der Waals surface area contributed by atoms with Gasteiger partial charge in [0, 0.05) is 31.7 Å². The van der Waals surface area contributed by atoms with Gasteiger partial charge in [0.1, 0.15) is 0 Å². The molecule has 0 aliphatic carbocycles. The van der Waals surface area contributed by atoms with E-state index in [2.05, 4.69) is 0 Å². The number of sulfonamides is 1. The maximum atomic E-state index is 12.8. The molecule has 0 N–H and O–H groups in total. The van der Waals surface area contributed by atoms with Gasteiger partial charge >= 0.3 is 0 Å². The maximum Gasteiger partial charge on any atom is 0.253 e. The number of benzene rings is 2. The van der Waals surface area contributed by atoms with Gasteiger partial charge in [0.25, 0.3) is 5.91 Å². The molecule has 0 unspecified atom stereocenters. The molecule has 1 amide bonds. The van der Waals surface area contributed by atoms with Crippen molar-refractivity contribution in [3.05, 3.63) is 65.2 Å². The standard InChI is InChI=1S/C20H24N2O3S/c1-3-17-7-9-19(10-8-17)26(24,25)22-13-11-21(12-14-22)20(23)18-6-4-5-16(2)15-18/h4-10,15H,3,11-14H2,1-2H3. The molecule has 2 aromatic rings. The van der Waals surface area contributed by atoms with Crippen LogP contribution in [-0.2, 0) is 16.4 Å². The topological polar surface area (TPSA) is 57.7 Å². The highest BCUT2D eigenvalue weighted by atomic mass is 32.2. The monoisotopic (exact) mass is 372 g/mol. The van der Waals surface area contributed by atoms with Gasteiger partial charge in [-0.1, -0.05) is 36.8 Å². The molecule has 138 valence electrons. The fourth-order valence-electron chi connectivity index (χ4n) is 3.14. The number of rotatable bonds is 4. The van der Waals surface area contributed by atoms with Crippen molar-refractivity contribution in [2.45, 2.75) is 25.2 Å². The molecule has 1 heterocycles. The molecule has 0 bridgehead atoms. The Morgan fingerprint density at radius 1 is 1.00 bits per heavy atom. The first-order chi connectivity index (χ1) is 12.4. The van der Waals surface area contributed by atoms with Crippen LogP contribution in [0.25, 0.3) is 0 Å². The van der Waals surface area contributed by atoms with E-state index in [0.29, 0.717) is 36.6 Å². The first-order valence-corrected chi connectivity index (χ1v) is 10.3. The second kappa shape index (κ2) is 7.60. The van der Waals surface area contributed by atoms with Crippen LogP contribution >= 0.6 is 0 Å². The average molecular weight is 372 g/mol. The summed E-state index contributed by atoms with van der Waals surface area (Å²) in [6, 6.07) is 14.5. The summed E-state index contributed by atoms with van der Waals surface area (Å²) >= 11 is 0. The van der Waals surface area contributed by atoms with Crippen LogP contribution in [0.3, 0.4) is 0 Å². The van der Waals surface area contributed by atoms with Crippen LogP contribution in [0.15, 0.2) is 53.4 Å². The van der Waals surface area contributed by atoms with Gasteiger partial charge in [0.2, 0.25) is 10.0 Å². The second-order valence-electron chi connectivity index (χ2n) is 6.56. The summed E-state index contributed by atoms with van der Waals surface area (Å²) in [6.45, 7) is 5.42. The Hall–Kier alpha value is -2.18. The molecule has 26 heavy (non-hydrogen) atoms. The summed E-state index contributed by atoms with van der Waals surface area (Å²) in [5.41, 5.74) is 2.79. The lowest BCUT2D eigenvalue weighted by Crippen LogP contribution is -2.50. The lowest BCUT2D eigenvalue weighted by atomic mass is 10.1. The third-order valence-electron chi connectivity index (χ3n) is 4.76. The summed E-state index contributed by atoms with van der Waals surface area (Å²) in [4.78, 5) is 14.6. The molecule has 0 aromatic heterocycles. The molecular weight excluding hydrogens is 348 g/mol. The Balaban J connectivity index is 1.68. The number of nitrogens with zero attached hydrogens (tertiary/aromatic N) is 2. The van der Waals surface area contributed by atoms with E-state index in [1.807, 2.05) is 44.2 Å². The third-order valence-corrected chi connectivity index (χ3v) is 6.67. The predicted octanol–water partition coefficient (Wildman–Crippen LogP) is 2.70. The molecule has 2 aromatic carbocycles. The van der Waals surface area contributed by atoms with Gasteiger partial charge in [0.15, 0.2) is 0 Å². The van der Waals surface area contributed by atoms with E-state index in [0.717, 1.165) is 17.5 Å². The first-order valence-electron chi connectivity index (χ1n) is 8.87. The highest BCUT2D eigenvalue weighted by Gasteiger charge is 2.30. The molecule has 0 atom stereocenters. The number of hydrogen-bond donors (Lipinski definition) is 0. The van der Waals surface area contributed by atoms with E-state index < -0.39 is 10.0 Å². The third kappa shape index (κ3) is 3.81. The van der Waals surface area contributed by atoms with Crippen molar-refractivity contribution < 1.29 is 13.2 Å². The van der Waals surface area contributed by atoms with Crippen molar-refractivity contribution in [1.29, 1.82) is 0 Å². The Kier molecular flexibility index (Phi) is 5.44. The Morgan fingerprint density at radius 2 is 1.65 bits per heavy atom. The summed E-state index contributed by atoms with van der Waals surface area (Å²) in [5, 5.41) is 0. The van der Waals surface area contributed by atoms with Gasteiger partial charge in [-0.2, -0.15) is 4.31 Å². The average Bonchev–Trinajstić information content (AvgIpc) is 2.67. The zero-order chi connectivity index (χ0) is 18.7. The highest BCUT2D eigenvalue weighted by molar-refractivity contribution is 7.89. The smallest absolute Gasteiger partial charge is 0.253 e. The molecule has 1 saturated heterocycles. The van der Waals surface area contributed by atoms with E-state index in [1.165, 1.54) is 4.31 Å². The van der Waals surface area contributed by atoms with Crippen molar-refractivity contribution in [1.82, 2.24) is 9.21 Å². The number of carbonyl (C=O) groups is 1. The van der Waals surface area contributed by atoms with Gasteiger partial charge in [-0.05, 0) is 43.2 Å². The minimum atomic E-state index is -3.51. The van der Waals surface area contributed by atoms with Gasteiger partial charge in [0.05, 0.1) is 4.90 Å². The highest BCUT2D eigenvalue weighted by Crippen LogP contribution is 2.19. The number of aryl methyl sites for hydroxylation is 2. The van der Waals surface area contributed by atoms with Gasteiger partial charge in [-0.3, -0.25) is 4.79 Å². The minimum absolute atomic E-state index is 0.0435. The van der Waals surface area contributed by atoms with E-state index in [9.17, 15) is 13.2 Å². The number of piperazine rings is 1. The fraction of sp³-hybridized carbons (Fsp3) is 0.350. The zero-order valence-electron chi connectivity index (χ0n) is 15.2. The quantitative estimate of drug-likeness (QED) is 0.829. The molecule has 0 spiro atoms. The van der Waals surface area contributed by atoms with Crippen molar-refractivity contribution >= 4 is 15.9 Å². The van der Waals surface area contributed by atoms with Crippen LogP contribution in [-0.4, -0.2) is 49.7 Å². The summed E-state index contributed by atoms with van der Waals surface area (Å²) in [6.07, 6.45) is 0.875. The SMILES string of the molecule is CCc1ccc(S(=O)(=O)N2CCN(C(=O)c3cccc(C)c3)CC2)cc1. The van der Waals surface area contributed by atoms with Crippen LogP contribution in [0.1, 0.15) is 28.4 Å². The Morgan fingerprint density at radius 3 is 2.23 bits per heavy atom. The Labute approximate surface area is 155 Å². The molecule has 0 radical (unpaired) electrons. The summed E-state index contributed by atoms with van der Waals surface area (Å²) in [5.74, 6) is -0.0435. The lowest BCUT2D eigenvalue weighted by molar-refractivity contribution is 0.0698. The van der Waals surface area contributed by atoms with Crippen molar-refractivity contribution in [3.8, 4) is 0 Å². The van der Waals surface area contributed by atoms with Crippen molar-refractivity contribution in [2.24, 2.45) is 0 Å². The van der Waals surface area contributed by atoms with Crippen LogP contribution in [0, 0.1) is 6.92 Å². The summed E-state index contributed by atoms with van der Waals surface area (Å²) in [7, 11) is -3.51. The van der Waals surface area contributed by atoms with Gasteiger partial charge < -0.3 is 4.90 Å². The number of carbonyl (C=O) groups excluding carboxylic acids is 1. The van der Waals surface area contributed by atoms with E-state index in [-0.39, 0.29) is 5.91 Å². The predicted molar refractivity (Wildman–Crippen MR) is 102 cm³/mol. The fourth-order valence-corrected chi connectivity index (χ4v) is 4.56. The normalized spacial score (nSPS) is 15.8. The van der Waals surface area contributed by atoms with E-state index in [1.54, 1.807) is 23.1 Å². The van der Waals surface area contributed by atoms with Crippen LogP contribution in [0.5, 0.6) is 0 Å². The summed E-state index contributed by atoms with van der Waals surface area (Å²) < 4.78 is 27.1. The molecule has 6 heteroatoms. The zero-order valence-corrected chi connectivity index (χ0v) is 16.0. The molecule has 1 aliphatic heterocycles. The van der Waals surface area contributed by atoms with Crippen LogP contribution in [0.2, 0.25) is 0 Å². The van der Waals surface area contributed by atoms with Crippen LogP contribution < -0.4 is 0 Å². The van der Waals surface area contributed by atoms with Gasteiger partial charge in [-0.25, -0.2) is 8.42 Å². The minimum Gasteiger partial charge on any atom is -0.336 e. The maximum absolute atomic E-state index is 12.8. The second-order valence-corrected chi connectivity index (χ2v) is 8.50. The van der Waals surface area contributed by atoms with Crippen LogP contribution in [0.4, 0.5) is 0 Å². The molecular formula is C20H24N2O3S.